The summed E-state index contributed by atoms with van der Waals surface area (Å²) in [4.78, 5) is 14.0. The predicted octanol–water partition coefficient (Wildman–Crippen LogP) is 3.27. The zero-order valence-electron chi connectivity index (χ0n) is 12.3. The minimum Gasteiger partial charge on any atom is -0.472 e. The van der Waals surface area contributed by atoms with Crippen LogP contribution in [-0.4, -0.2) is 31.2 Å². The Hall–Kier alpha value is -2.27. The Kier molecular flexibility index (Phi) is 5.40. The molecule has 1 aromatic heterocycles. The Bertz CT molecular complexity index is 549. The Morgan fingerprint density at radius 2 is 2.05 bits per heavy atom. The van der Waals surface area contributed by atoms with Crippen molar-refractivity contribution in [2.24, 2.45) is 0 Å². The highest BCUT2D eigenvalue weighted by atomic mass is 16.5. The maximum atomic E-state index is 12.4. The standard InChI is InChI=1S/C16H20N2O3/c1-13-3-5-15(6-4-13)17-16(19)18(8-10-20-2)11-14-7-9-21-12-14/h3-7,9,12H,8,10-11H2,1-2H3,(H,17,19). The molecule has 0 saturated heterocycles. The van der Waals surface area contributed by atoms with Crippen LogP contribution in [0.15, 0.2) is 47.3 Å². The van der Waals surface area contributed by atoms with Gasteiger partial charge in [-0.15, -0.1) is 0 Å². The van der Waals surface area contributed by atoms with Gasteiger partial charge in [-0.25, -0.2) is 4.79 Å². The Morgan fingerprint density at radius 3 is 2.67 bits per heavy atom. The Labute approximate surface area is 124 Å². The molecule has 0 atom stereocenters. The molecular formula is C16H20N2O3. The molecule has 112 valence electrons. The van der Waals surface area contributed by atoms with Gasteiger partial charge in [-0.2, -0.15) is 0 Å². The molecule has 2 rings (SSSR count). The Balaban J connectivity index is 2.00. The Morgan fingerprint density at radius 1 is 1.29 bits per heavy atom. The van der Waals surface area contributed by atoms with Gasteiger partial charge < -0.3 is 19.4 Å². The smallest absolute Gasteiger partial charge is 0.322 e. The van der Waals surface area contributed by atoms with Gasteiger partial charge in [-0.3, -0.25) is 0 Å². The monoisotopic (exact) mass is 288 g/mol. The van der Waals surface area contributed by atoms with Crippen molar-refractivity contribution >= 4 is 11.7 Å². The molecule has 0 spiro atoms. The summed E-state index contributed by atoms with van der Waals surface area (Å²) < 4.78 is 10.1. The lowest BCUT2D eigenvalue weighted by Gasteiger charge is -2.22. The molecule has 0 fully saturated rings. The first-order valence-electron chi connectivity index (χ1n) is 6.81. The van der Waals surface area contributed by atoms with E-state index in [1.807, 2.05) is 37.3 Å². The topological polar surface area (TPSA) is 54.7 Å². The van der Waals surface area contributed by atoms with Crippen molar-refractivity contribution in [1.82, 2.24) is 4.90 Å². The number of nitrogens with one attached hydrogen (secondary N) is 1. The van der Waals surface area contributed by atoms with E-state index in [9.17, 15) is 4.79 Å². The summed E-state index contributed by atoms with van der Waals surface area (Å²) in [5.74, 6) is 0. The second-order valence-electron chi connectivity index (χ2n) is 4.84. The number of amides is 2. The number of ether oxygens (including phenoxy) is 1. The molecule has 2 amide bonds. The van der Waals surface area contributed by atoms with Gasteiger partial charge in [0.1, 0.15) is 0 Å². The van der Waals surface area contributed by atoms with E-state index >= 15 is 0 Å². The van der Waals surface area contributed by atoms with Gasteiger partial charge in [-0.1, -0.05) is 17.7 Å². The van der Waals surface area contributed by atoms with Crippen LogP contribution in [0, 0.1) is 6.92 Å². The van der Waals surface area contributed by atoms with Crippen LogP contribution in [0.4, 0.5) is 10.5 Å². The normalized spacial score (nSPS) is 10.4. The number of anilines is 1. The van der Waals surface area contributed by atoms with Crippen molar-refractivity contribution in [3.8, 4) is 0 Å². The molecule has 1 N–H and O–H groups in total. The third-order valence-electron chi connectivity index (χ3n) is 3.11. The quantitative estimate of drug-likeness (QED) is 0.887. The van der Waals surface area contributed by atoms with E-state index in [0.717, 1.165) is 16.8 Å². The number of methoxy groups -OCH3 is 1. The number of benzene rings is 1. The molecule has 0 aliphatic carbocycles. The molecule has 5 heteroatoms. The minimum absolute atomic E-state index is 0.155. The van der Waals surface area contributed by atoms with Crippen molar-refractivity contribution in [1.29, 1.82) is 0 Å². The lowest BCUT2D eigenvalue weighted by atomic mass is 10.2. The van der Waals surface area contributed by atoms with E-state index in [1.165, 1.54) is 0 Å². The molecule has 1 aromatic carbocycles. The zero-order valence-corrected chi connectivity index (χ0v) is 12.3. The largest absolute Gasteiger partial charge is 0.472 e. The number of hydrogen-bond acceptors (Lipinski definition) is 3. The summed E-state index contributed by atoms with van der Waals surface area (Å²) in [5, 5.41) is 2.89. The van der Waals surface area contributed by atoms with Gasteiger partial charge in [0, 0.05) is 24.9 Å². The zero-order chi connectivity index (χ0) is 15.1. The van der Waals surface area contributed by atoms with Crippen molar-refractivity contribution in [3.63, 3.8) is 0 Å². The van der Waals surface area contributed by atoms with E-state index in [1.54, 1.807) is 24.5 Å². The second-order valence-corrected chi connectivity index (χ2v) is 4.84. The van der Waals surface area contributed by atoms with Crippen LogP contribution in [0.3, 0.4) is 0 Å². The fourth-order valence-electron chi connectivity index (χ4n) is 1.90. The van der Waals surface area contributed by atoms with E-state index < -0.39 is 0 Å². The molecule has 21 heavy (non-hydrogen) atoms. The molecule has 0 saturated carbocycles. The first-order chi connectivity index (χ1) is 10.2. The van der Waals surface area contributed by atoms with Crippen molar-refractivity contribution < 1.29 is 13.9 Å². The lowest BCUT2D eigenvalue weighted by molar-refractivity contribution is 0.152. The van der Waals surface area contributed by atoms with Crippen molar-refractivity contribution in [3.05, 3.63) is 54.0 Å². The van der Waals surface area contributed by atoms with Gasteiger partial charge in [0.25, 0.3) is 0 Å². The first-order valence-corrected chi connectivity index (χ1v) is 6.81. The molecule has 2 aromatic rings. The molecule has 0 bridgehead atoms. The number of furan rings is 1. The van der Waals surface area contributed by atoms with E-state index in [-0.39, 0.29) is 6.03 Å². The SMILES string of the molecule is COCCN(Cc1ccoc1)C(=O)Nc1ccc(C)cc1. The molecule has 0 aliphatic rings. The average Bonchev–Trinajstić information content (AvgIpc) is 2.98. The summed E-state index contributed by atoms with van der Waals surface area (Å²) in [5.41, 5.74) is 2.88. The fourth-order valence-corrected chi connectivity index (χ4v) is 1.90. The number of nitrogens with zero attached hydrogens (tertiary/aromatic N) is 1. The highest BCUT2D eigenvalue weighted by Gasteiger charge is 2.14. The summed E-state index contributed by atoms with van der Waals surface area (Å²) in [6.07, 6.45) is 3.24. The first kappa shape index (κ1) is 15.1. The van der Waals surface area contributed by atoms with Crippen molar-refractivity contribution in [2.45, 2.75) is 13.5 Å². The number of rotatable bonds is 6. The van der Waals surface area contributed by atoms with Crippen LogP contribution in [0.1, 0.15) is 11.1 Å². The number of hydrogen-bond donors (Lipinski definition) is 1. The van der Waals surface area contributed by atoms with Gasteiger partial charge in [-0.05, 0) is 25.1 Å². The molecule has 1 heterocycles. The van der Waals surface area contributed by atoms with E-state index in [0.29, 0.717) is 19.7 Å². The summed E-state index contributed by atoms with van der Waals surface area (Å²) >= 11 is 0. The summed E-state index contributed by atoms with van der Waals surface area (Å²) in [6, 6.07) is 9.39. The van der Waals surface area contributed by atoms with Gasteiger partial charge in [0.05, 0.1) is 25.7 Å². The second kappa shape index (κ2) is 7.50. The summed E-state index contributed by atoms with van der Waals surface area (Å²) in [6.45, 7) is 3.49. The third-order valence-corrected chi connectivity index (χ3v) is 3.11. The van der Waals surface area contributed by atoms with Gasteiger partial charge >= 0.3 is 6.03 Å². The molecular weight excluding hydrogens is 268 g/mol. The van der Waals surface area contributed by atoms with Crippen LogP contribution in [-0.2, 0) is 11.3 Å². The van der Waals surface area contributed by atoms with Crippen LogP contribution in [0.5, 0.6) is 0 Å². The van der Waals surface area contributed by atoms with Crippen LogP contribution >= 0.6 is 0 Å². The van der Waals surface area contributed by atoms with Crippen LogP contribution in [0.2, 0.25) is 0 Å². The maximum absolute atomic E-state index is 12.4. The molecule has 5 nitrogen and oxygen atoms in total. The fraction of sp³-hybridized carbons (Fsp3) is 0.312. The molecule has 0 unspecified atom stereocenters. The molecule has 0 aliphatic heterocycles. The minimum atomic E-state index is -0.155. The number of aryl methyl sites for hydroxylation is 1. The molecule has 0 radical (unpaired) electrons. The maximum Gasteiger partial charge on any atom is 0.322 e. The van der Waals surface area contributed by atoms with E-state index in [2.05, 4.69) is 5.32 Å². The number of urea groups is 1. The highest BCUT2D eigenvalue weighted by Crippen LogP contribution is 2.11. The average molecular weight is 288 g/mol. The summed E-state index contributed by atoms with van der Waals surface area (Å²) in [7, 11) is 1.62. The van der Waals surface area contributed by atoms with Crippen LogP contribution in [0.25, 0.3) is 0 Å². The van der Waals surface area contributed by atoms with Crippen molar-refractivity contribution in [2.75, 3.05) is 25.6 Å². The van der Waals surface area contributed by atoms with Crippen LogP contribution < -0.4 is 5.32 Å². The van der Waals surface area contributed by atoms with Gasteiger partial charge in [0.15, 0.2) is 0 Å². The highest BCUT2D eigenvalue weighted by molar-refractivity contribution is 5.89. The predicted molar refractivity (Wildman–Crippen MR) is 81.2 cm³/mol. The lowest BCUT2D eigenvalue weighted by Crippen LogP contribution is -2.36. The number of carbonyl (C=O) groups excluding carboxylic acids is 1. The number of carbonyl (C=O) groups is 1. The third kappa shape index (κ3) is 4.65. The van der Waals surface area contributed by atoms with Gasteiger partial charge in [0.2, 0.25) is 0 Å². The van der Waals surface area contributed by atoms with E-state index in [4.69, 9.17) is 9.15 Å².